The van der Waals surface area contributed by atoms with E-state index in [0.29, 0.717) is 12.5 Å². The molecule has 0 radical (unpaired) electrons. The zero-order valence-electron chi connectivity index (χ0n) is 15.6. The molecule has 1 saturated heterocycles. The fourth-order valence-corrected chi connectivity index (χ4v) is 3.98. The maximum Gasteiger partial charge on any atom is 0.231 e. The molecule has 0 N–H and O–H groups in total. The van der Waals surface area contributed by atoms with E-state index in [1.807, 2.05) is 36.5 Å². The fraction of sp³-hybridized carbons (Fsp3) is 0.455. The zero-order chi connectivity index (χ0) is 18.5. The molecule has 5 heteroatoms. The number of nitrogens with zero attached hydrogens (tertiary/aromatic N) is 2. The van der Waals surface area contributed by atoms with E-state index in [1.54, 1.807) is 0 Å². The standard InChI is InChI=1S/C22H26N2O3/c25-22(12-8-17-7-11-20-21(15-17)27-16-26-20)24-14-4-2-6-19(24)10-9-18-5-1-3-13-23-18/h1,3,5,7,11,13,15,19H,2,4,6,8-10,12,14,16H2. The Hall–Kier alpha value is -2.56. The van der Waals surface area contributed by atoms with Crippen molar-refractivity contribution in [3.05, 3.63) is 53.9 Å². The number of aromatic nitrogens is 1. The van der Waals surface area contributed by atoms with Gasteiger partial charge in [0, 0.05) is 30.9 Å². The van der Waals surface area contributed by atoms with Crippen molar-refractivity contribution in [2.45, 2.75) is 51.0 Å². The third-order valence-electron chi connectivity index (χ3n) is 5.47. The molecule has 0 aliphatic carbocycles. The predicted molar refractivity (Wildman–Crippen MR) is 103 cm³/mol. The highest BCUT2D eigenvalue weighted by Crippen LogP contribution is 2.33. The summed E-state index contributed by atoms with van der Waals surface area (Å²) in [6.45, 7) is 1.16. The van der Waals surface area contributed by atoms with Crippen LogP contribution < -0.4 is 9.47 Å². The lowest BCUT2D eigenvalue weighted by Gasteiger charge is -2.36. The molecule has 5 nitrogen and oxygen atoms in total. The number of ether oxygens (including phenoxy) is 2. The first-order valence-corrected chi connectivity index (χ1v) is 9.87. The van der Waals surface area contributed by atoms with Gasteiger partial charge in [0.05, 0.1) is 0 Å². The van der Waals surface area contributed by atoms with E-state index < -0.39 is 0 Å². The number of aryl methyl sites for hydroxylation is 2. The van der Waals surface area contributed by atoms with Gasteiger partial charge in [-0.1, -0.05) is 12.1 Å². The topological polar surface area (TPSA) is 51.7 Å². The minimum absolute atomic E-state index is 0.262. The van der Waals surface area contributed by atoms with E-state index in [9.17, 15) is 4.79 Å². The van der Waals surface area contributed by atoms with Gasteiger partial charge in [-0.3, -0.25) is 9.78 Å². The van der Waals surface area contributed by atoms with Gasteiger partial charge in [-0.25, -0.2) is 0 Å². The van der Waals surface area contributed by atoms with Crippen LogP contribution in [0.1, 0.15) is 43.4 Å². The molecule has 0 saturated carbocycles. The molecule has 1 fully saturated rings. The summed E-state index contributed by atoms with van der Waals surface area (Å²) in [5, 5.41) is 0. The van der Waals surface area contributed by atoms with Gasteiger partial charge in [0.15, 0.2) is 11.5 Å². The van der Waals surface area contributed by atoms with Crippen molar-refractivity contribution in [3.63, 3.8) is 0 Å². The zero-order valence-corrected chi connectivity index (χ0v) is 15.6. The monoisotopic (exact) mass is 366 g/mol. The molecule has 1 aromatic carbocycles. The Morgan fingerprint density at radius 3 is 2.93 bits per heavy atom. The Balaban J connectivity index is 1.33. The number of carbonyl (C=O) groups is 1. The Morgan fingerprint density at radius 2 is 2.04 bits per heavy atom. The lowest BCUT2D eigenvalue weighted by molar-refractivity contribution is -0.135. The first kappa shape index (κ1) is 17.8. The lowest BCUT2D eigenvalue weighted by atomic mass is 9.96. The highest BCUT2D eigenvalue weighted by molar-refractivity contribution is 5.77. The second-order valence-electron chi connectivity index (χ2n) is 7.28. The number of rotatable bonds is 6. The first-order chi connectivity index (χ1) is 13.3. The van der Waals surface area contributed by atoms with Crippen LogP contribution in [0, 0.1) is 0 Å². The predicted octanol–water partition coefficient (Wildman–Crippen LogP) is 3.76. The van der Waals surface area contributed by atoms with Crippen molar-refractivity contribution in [1.29, 1.82) is 0 Å². The van der Waals surface area contributed by atoms with Gasteiger partial charge in [0.2, 0.25) is 12.7 Å². The smallest absolute Gasteiger partial charge is 0.231 e. The molecule has 2 aliphatic heterocycles. The molecule has 0 bridgehead atoms. The Bertz CT molecular complexity index is 778. The highest BCUT2D eigenvalue weighted by Gasteiger charge is 2.26. The van der Waals surface area contributed by atoms with Crippen LogP contribution in [0.25, 0.3) is 0 Å². The SMILES string of the molecule is O=C(CCc1ccc2c(c1)OCO2)N1CCCCC1CCc1ccccn1. The molecule has 1 aromatic heterocycles. The van der Waals surface area contributed by atoms with Crippen LogP contribution in [0.2, 0.25) is 0 Å². The highest BCUT2D eigenvalue weighted by atomic mass is 16.7. The van der Waals surface area contributed by atoms with Crippen LogP contribution in [0.5, 0.6) is 11.5 Å². The molecule has 4 rings (SSSR count). The molecule has 2 aromatic rings. The van der Waals surface area contributed by atoms with Gasteiger partial charge in [0.1, 0.15) is 0 Å². The molecular formula is C22H26N2O3. The number of benzene rings is 1. The third-order valence-corrected chi connectivity index (χ3v) is 5.47. The molecule has 3 heterocycles. The number of likely N-dealkylation sites (tertiary alicyclic amines) is 1. The summed E-state index contributed by atoms with van der Waals surface area (Å²) in [7, 11) is 0. The Kier molecular flexibility index (Phi) is 5.56. The van der Waals surface area contributed by atoms with Crippen molar-refractivity contribution in [2.24, 2.45) is 0 Å². The average molecular weight is 366 g/mol. The lowest BCUT2D eigenvalue weighted by Crippen LogP contribution is -2.44. The largest absolute Gasteiger partial charge is 0.454 e. The molecule has 1 unspecified atom stereocenters. The second kappa shape index (κ2) is 8.42. The van der Waals surface area contributed by atoms with E-state index >= 15 is 0 Å². The summed E-state index contributed by atoms with van der Waals surface area (Å²) in [5.74, 6) is 1.83. The number of fused-ring (bicyclic) bond motifs is 1. The third kappa shape index (κ3) is 4.41. The van der Waals surface area contributed by atoms with Crippen LogP contribution in [0.4, 0.5) is 0 Å². The van der Waals surface area contributed by atoms with Gasteiger partial charge < -0.3 is 14.4 Å². The molecule has 2 aliphatic rings. The van der Waals surface area contributed by atoms with Crippen molar-refractivity contribution < 1.29 is 14.3 Å². The number of hydrogen-bond acceptors (Lipinski definition) is 4. The van der Waals surface area contributed by atoms with Gasteiger partial charge >= 0.3 is 0 Å². The summed E-state index contributed by atoms with van der Waals surface area (Å²) in [6.07, 6.45) is 8.45. The van der Waals surface area contributed by atoms with Crippen molar-refractivity contribution >= 4 is 5.91 Å². The van der Waals surface area contributed by atoms with Crippen molar-refractivity contribution in [1.82, 2.24) is 9.88 Å². The van der Waals surface area contributed by atoms with Crippen molar-refractivity contribution in [2.75, 3.05) is 13.3 Å². The van der Waals surface area contributed by atoms with Crippen molar-refractivity contribution in [3.8, 4) is 11.5 Å². The fourth-order valence-electron chi connectivity index (χ4n) is 3.98. The van der Waals surface area contributed by atoms with Crippen LogP contribution >= 0.6 is 0 Å². The molecular weight excluding hydrogens is 340 g/mol. The van der Waals surface area contributed by atoms with E-state index in [-0.39, 0.29) is 12.7 Å². The number of piperidine rings is 1. The Labute approximate surface area is 160 Å². The van der Waals surface area contributed by atoms with Crippen LogP contribution in [0.15, 0.2) is 42.6 Å². The number of carbonyl (C=O) groups excluding carboxylic acids is 1. The summed E-state index contributed by atoms with van der Waals surface area (Å²) < 4.78 is 10.8. The van der Waals surface area contributed by atoms with Gasteiger partial charge in [-0.05, 0) is 68.4 Å². The molecule has 27 heavy (non-hydrogen) atoms. The van der Waals surface area contributed by atoms with E-state index in [4.69, 9.17) is 9.47 Å². The summed E-state index contributed by atoms with van der Waals surface area (Å²) in [4.78, 5) is 19.4. The normalized spacial score (nSPS) is 18.5. The van der Waals surface area contributed by atoms with Crippen LogP contribution in [-0.4, -0.2) is 35.2 Å². The summed E-state index contributed by atoms with van der Waals surface area (Å²) >= 11 is 0. The number of amides is 1. The second-order valence-corrected chi connectivity index (χ2v) is 7.28. The quantitative estimate of drug-likeness (QED) is 0.781. The molecule has 1 atom stereocenters. The molecule has 142 valence electrons. The van der Waals surface area contributed by atoms with E-state index in [1.165, 1.54) is 6.42 Å². The maximum atomic E-state index is 12.9. The van der Waals surface area contributed by atoms with Gasteiger partial charge in [-0.15, -0.1) is 0 Å². The first-order valence-electron chi connectivity index (χ1n) is 9.87. The average Bonchev–Trinajstić information content (AvgIpc) is 3.19. The minimum Gasteiger partial charge on any atom is -0.454 e. The number of hydrogen-bond donors (Lipinski definition) is 0. The van der Waals surface area contributed by atoms with Gasteiger partial charge in [-0.2, -0.15) is 0 Å². The molecule has 1 amide bonds. The number of pyridine rings is 1. The molecule has 0 spiro atoms. The van der Waals surface area contributed by atoms with E-state index in [2.05, 4.69) is 16.0 Å². The minimum atomic E-state index is 0.262. The van der Waals surface area contributed by atoms with Gasteiger partial charge in [0.25, 0.3) is 0 Å². The summed E-state index contributed by atoms with van der Waals surface area (Å²) in [5.41, 5.74) is 2.23. The summed E-state index contributed by atoms with van der Waals surface area (Å²) in [6, 6.07) is 12.3. The van der Waals surface area contributed by atoms with Crippen LogP contribution in [-0.2, 0) is 17.6 Å². The maximum absolute atomic E-state index is 12.9. The van der Waals surface area contributed by atoms with Crippen LogP contribution in [0.3, 0.4) is 0 Å². The Morgan fingerprint density at radius 1 is 1.11 bits per heavy atom. The van der Waals surface area contributed by atoms with E-state index in [0.717, 1.165) is 61.4 Å².